The fraction of sp³-hybridized carbons (Fsp3) is 0.200. The summed E-state index contributed by atoms with van der Waals surface area (Å²) in [6.07, 6.45) is 3.39. The number of hydrogen-bond donors (Lipinski definition) is 2. The van der Waals surface area contributed by atoms with Gasteiger partial charge in [-0.25, -0.2) is 9.97 Å². The summed E-state index contributed by atoms with van der Waals surface area (Å²) in [7, 11) is 0. The summed E-state index contributed by atoms with van der Waals surface area (Å²) >= 11 is 0. The van der Waals surface area contributed by atoms with Gasteiger partial charge in [-0.05, 0) is 31.0 Å². The third-order valence-corrected chi connectivity index (χ3v) is 4.89. The summed E-state index contributed by atoms with van der Waals surface area (Å²) in [5.41, 5.74) is 1.04. The summed E-state index contributed by atoms with van der Waals surface area (Å²) < 4.78 is 39.8. The van der Waals surface area contributed by atoms with E-state index in [-0.39, 0.29) is 0 Å². The third-order valence-electron chi connectivity index (χ3n) is 4.89. The van der Waals surface area contributed by atoms with E-state index in [0.717, 1.165) is 25.0 Å². The first kappa shape index (κ1) is 18.5. The molecule has 3 heterocycles. The van der Waals surface area contributed by atoms with E-state index in [1.54, 1.807) is 29.4 Å². The number of rotatable bonds is 4. The van der Waals surface area contributed by atoms with Crippen molar-refractivity contribution >= 4 is 17.3 Å². The van der Waals surface area contributed by atoms with Crippen molar-refractivity contribution in [3.05, 3.63) is 83.0 Å². The molecular formula is C20H16F3N6O-. The molecule has 3 aliphatic rings. The standard InChI is InChI=1S/C20H16F3N6O/c21-20(22,23)13-3-1-2-12(10-13)17-18(29-9-8-28(30)11-16(29)27-17)15-6-7-24-19(26-15)25-14-4-5-14/h1-3,6-11,14,27H,4-5H2,(H,24,25,26)/q-1. The first-order chi connectivity index (χ1) is 14.4. The predicted molar refractivity (Wildman–Crippen MR) is 104 cm³/mol. The molecule has 154 valence electrons. The Hall–Kier alpha value is -3.53. The van der Waals surface area contributed by atoms with Gasteiger partial charge in [-0.1, -0.05) is 12.1 Å². The molecule has 7 nitrogen and oxygen atoms in total. The van der Waals surface area contributed by atoms with E-state index in [1.807, 2.05) is 0 Å². The highest BCUT2D eigenvalue weighted by molar-refractivity contribution is 5.93. The number of nitrogens with zero attached hydrogens (tertiary/aromatic N) is 4. The number of hydrogen-bond acceptors (Lipinski definition) is 7. The lowest BCUT2D eigenvalue weighted by Crippen LogP contribution is -2.23. The predicted octanol–water partition coefficient (Wildman–Crippen LogP) is 3.88. The van der Waals surface area contributed by atoms with Crippen LogP contribution >= 0.6 is 0 Å². The average Bonchev–Trinajstić information content (AvgIpc) is 3.44. The SMILES string of the molecule is [O-]N1C=CN2C(=C1)NC(c1cccc(C(F)(F)F)c1)=C2c1ccnc(NC2CC2)n1. The van der Waals surface area contributed by atoms with Gasteiger partial charge in [-0.15, -0.1) is 0 Å². The summed E-state index contributed by atoms with van der Waals surface area (Å²) in [5.74, 6) is 0.875. The molecular weight excluding hydrogens is 397 g/mol. The number of anilines is 1. The molecule has 5 rings (SSSR count). The van der Waals surface area contributed by atoms with Gasteiger partial charge in [-0.3, -0.25) is 4.90 Å². The smallest absolute Gasteiger partial charge is 0.416 e. The molecule has 1 saturated carbocycles. The first-order valence-corrected chi connectivity index (χ1v) is 9.32. The first-order valence-electron chi connectivity index (χ1n) is 9.32. The Labute approximate surface area is 169 Å². The van der Waals surface area contributed by atoms with Gasteiger partial charge >= 0.3 is 6.18 Å². The van der Waals surface area contributed by atoms with Gasteiger partial charge in [0.05, 0.1) is 22.7 Å². The van der Waals surface area contributed by atoms with Crippen molar-refractivity contribution < 1.29 is 13.2 Å². The second-order valence-electron chi connectivity index (χ2n) is 7.15. The number of hydroxylamine groups is 2. The van der Waals surface area contributed by atoms with Crippen molar-refractivity contribution in [1.82, 2.24) is 25.2 Å². The van der Waals surface area contributed by atoms with Crippen molar-refractivity contribution in [3.63, 3.8) is 0 Å². The normalized spacial score (nSPS) is 18.3. The van der Waals surface area contributed by atoms with Crippen LogP contribution in [0.5, 0.6) is 0 Å². The molecule has 2 N–H and O–H groups in total. The summed E-state index contributed by atoms with van der Waals surface area (Å²) in [6.45, 7) is 0. The molecule has 2 aliphatic heterocycles. The molecule has 2 aromatic rings. The van der Waals surface area contributed by atoms with Crippen LogP contribution in [0, 0.1) is 5.21 Å². The Bertz CT molecular complexity index is 1090. The van der Waals surface area contributed by atoms with Crippen LogP contribution in [0.2, 0.25) is 0 Å². The molecule has 30 heavy (non-hydrogen) atoms. The van der Waals surface area contributed by atoms with Gasteiger partial charge < -0.3 is 20.9 Å². The maximum Gasteiger partial charge on any atom is 0.416 e. The molecule has 0 amide bonds. The van der Waals surface area contributed by atoms with Crippen LogP contribution in [-0.4, -0.2) is 26.0 Å². The van der Waals surface area contributed by atoms with Crippen LogP contribution in [0.3, 0.4) is 0 Å². The van der Waals surface area contributed by atoms with E-state index in [0.29, 0.717) is 45.5 Å². The average molecular weight is 413 g/mol. The minimum atomic E-state index is -4.47. The fourth-order valence-corrected chi connectivity index (χ4v) is 3.32. The van der Waals surface area contributed by atoms with Crippen molar-refractivity contribution in [2.24, 2.45) is 0 Å². The molecule has 0 atom stereocenters. The minimum absolute atomic E-state index is 0.330. The molecule has 1 fully saturated rings. The third kappa shape index (κ3) is 3.45. The van der Waals surface area contributed by atoms with Crippen LogP contribution in [0.1, 0.15) is 29.7 Å². The maximum atomic E-state index is 13.3. The number of halogens is 3. The van der Waals surface area contributed by atoms with E-state index in [9.17, 15) is 18.4 Å². The van der Waals surface area contributed by atoms with Gasteiger partial charge in [-0.2, -0.15) is 13.2 Å². The van der Waals surface area contributed by atoms with Crippen LogP contribution in [0.25, 0.3) is 11.4 Å². The van der Waals surface area contributed by atoms with Crippen molar-refractivity contribution in [2.45, 2.75) is 25.1 Å². The molecule has 1 aromatic heterocycles. The Kier molecular flexibility index (Phi) is 4.17. The topological polar surface area (TPSA) is 79.4 Å². The molecule has 1 aromatic carbocycles. The second-order valence-corrected chi connectivity index (χ2v) is 7.15. The van der Waals surface area contributed by atoms with Crippen molar-refractivity contribution in [1.29, 1.82) is 0 Å². The van der Waals surface area contributed by atoms with Gasteiger partial charge in [0.25, 0.3) is 0 Å². The number of fused-ring (bicyclic) bond motifs is 1. The molecule has 0 bridgehead atoms. The summed E-state index contributed by atoms with van der Waals surface area (Å²) in [4.78, 5) is 10.5. The summed E-state index contributed by atoms with van der Waals surface area (Å²) in [5, 5.41) is 18.6. The Morgan fingerprint density at radius 1 is 1.17 bits per heavy atom. The molecule has 0 spiro atoms. The fourth-order valence-electron chi connectivity index (χ4n) is 3.32. The Morgan fingerprint density at radius 3 is 2.77 bits per heavy atom. The highest BCUT2D eigenvalue weighted by Crippen LogP contribution is 2.39. The zero-order valence-electron chi connectivity index (χ0n) is 15.5. The Balaban J connectivity index is 1.63. The van der Waals surface area contributed by atoms with Gasteiger partial charge in [0, 0.05) is 36.4 Å². The van der Waals surface area contributed by atoms with Crippen LogP contribution in [0.4, 0.5) is 19.1 Å². The maximum absolute atomic E-state index is 13.3. The van der Waals surface area contributed by atoms with Crippen LogP contribution in [-0.2, 0) is 6.18 Å². The van der Waals surface area contributed by atoms with Crippen LogP contribution in [0.15, 0.2) is 60.9 Å². The van der Waals surface area contributed by atoms with Gasteiger partial charge in [0.2, 0.25) is 5.95 Å². The molecule has 10 heteroatoms. The van der Waals surface area contributed by atoms with E-state index in [2.05, 4.69) is 20.6 Å². The van der Waals surface area contributed by atoms with Crippen LogP contribution < -0.4 is 10.6 Å². The largest absolute Gasteiger partial charge is 0.754 e. The van der Waals surface area contributed by atoms with E-state index in [4.69, 9.17) is 0 Å². The Morgan fingerprint density at radius 2 is 2.00 bits per heavy atom. The number of nitrogens with one attached hydrogen (secondary N) is 2. The van der Waals surface area contributed by atoms with Crippen molar-refractivity contribution in [3.8, 4) is 0 Å². The number of aromatic nitrogens is 2. The molecule has 0 saturated heterocycles. The lowest BCUT2D eigenvalue weighted by molar-refractivity contribution is -0.137. The molecule has 0 radical (unpaired) electrons. The monoisotopic (exact) mass is 413 g/mol. The van der Waals surface area contributed by atoms with Gasteiger partial charge in [0.1, 0.15) is 5.82 Å². The quantitative estimate of drug-likeness (QED) is 0.787. The van der Waals surface area contributed by atoms with Gasteiger partial charge in [0.15, 0.2) is 0 Å². The minimum Gasteiger partial charge on any atom is -0.754 e. The van der Waals surface area contributed by atoms with Crippen molar-refractivity contribution in [2.75, 3.05) is 5.32 Å². The summed E-state index contributed by atoms with van der Waals surface area (Å²) in [6, 6.07) is 7.06. The number of benzene rings is 1. The van der Waals surface area contributed by atoms with E-state index < -0.39 is 11.7 Å². The lowest BCUT2D eigenvalue weighted by atomic mass is 10.1. The van der Waals surface area contributed by atoms with E-state index in [1.165, 1.54) is 18.5 Å². The highest BCUT2D eigenvalue weighted by Gasteiger charge is 2.34. The molecule has 0 unspecified atom stereocenters. The number of alkyl halides is 3. The highest BCUT2D eigenvalue weighted by atomic mass is 19.4. The zero-order chi connectivity index (χ0) is 20.9. The van der Waals surface area contributed by atoms with E-state index >= 15 is 0 Å². The second kappa shape index (κ2) is 6.77. The lowest BCUT2D eigenvalue weighted by Gasteiger charge is -2.30. The molecule has 1 aliphatic carbocycles. The zero-order valence-corrected chi connectivity index (χ0v) is 15.5.